The van der Waals surface area contributed by atoms with Crippen molar-refractivity contribution in [3.05, 3.63) is 58.1 Å². The Morgan fingerprint density at radius 1 is 1.20 bits per heavy atom. The van der Waals surface area contributed by atoms with Crippen molar-refractivity contribution in [1.82, 2.24) is 0 Å². The zero-order valence-electron chi connectivity index (χ0n) is 13.2. The molecule has 1 amide bonds. The number of rotatable bonds is 6. The Labute approximate surface area is 142 Å². The number of amides is 1. The number of carbonyl (C=O) groups is 2. The summed E-state index contributed by atoms with van der Waals surface area (Å²) < 4.78 is 9.77. The van der Waals surface area contributed by atoms with Crippen LogP contribution in [0.15, 0.2) is 42.5 Å². The number of methoxy groups -OCH3 is 1. The molecule has 0 saturated heterocycles. The van der Waals surface area contributed by atoms with Crippen molar-refractivity contribution in [2.24, 2.45) is 0 Å². The molecule has 0 spiro atoms. The van der Waals surface area contributed by atoms with E-state index in [1.54, 1.807) is 0 Å². The highest BCUT2D eigenvalue weighted by atomic mass is 16.6. The maximum absolute atomic E-state index is 11.9. The average molecular weight is 345 g/mol. The van der Waals surface area contributed by atoms with Gasteiger partial charge in [0.1, 0.15) is 11.4 Å². The first-order chi connectivity index (χ1) is 11.9. The molecule has 3 N–H and O–H groups in total. The van der Waals surface area contributed by atoms with Gasteiger partial charge in [-0.25, -0.2) is 4.79 Å². The number of nitro benzene ring substituents is 1. The van der Waals surface area contributed by atoms with Crippen LogP contribution in [0, 0.1) is 10.1 Å². The first kappa shape index (κ1) is 17.7. The topological polar surface area (TPSA) is 134 Å². The highest BCUT2D eigenvalue weighted by molar-refractivity contribution is 5.97. The largest absolute Gasteiger partial charge is 0.496 e. The third-order valence-electron chi connectivity index (χ3n) is 3.16. The van der Waals surface area contributed by atoms with Gasteiger partial charge in [0.25, 0.3) is 11.6 Å². The number of hydrogen-bond acceptors (Lipinski definition) is 7. The van der Waals surface area contributed by atoms with E-state index in [0.29, 0.717) is 5.69 Å². The summed E-state index contributed by atoms with van der Waals surface area (Å²) in [6, 6.07) is 9.94. The Morgan fingerprint density at radius 2 is 1.88 bits per heavy atom. The van der Waals surface area contributed by atoms with Gasteiger partial charge in [0.15, 0.2) is 6.61 Å². The molecule has 0 heterocycles. The Balaban J connectivity index is 1.99. The number of nitrogens with zero attached hydrogens (tertiary/aromatic N) is 1. The van der Waals surface area contributed by atoms with Crippen molar-refractivity contribution >= 4 is 28.9 Å². The molecule has 0 saturated carbocycles. The lowest BCUT2D eigenvalue weighted by molar-refractivity contribution is -0.384. The predicted octanol–water partition coefficient (Wildman–Crippen LogP) is 1.98. The van der Waals surface area contributed by atoms with Gasteiger partial charge < -0.3 is 20.5 Å². The molecule has 9 heteroatoms. The van der Waals surface area contributed by atoms with Crippen LogP contribution in [0.4, 0.5) is 17.1 Å². The summed E-state index contributed by atoms with van der Waals surface area (Å²) in [5.41, 5.74) is 5.87. The minimum Gasteiger partial charge on any atom is -0.496 e. The Hall–Kier alpha value is -3.62. The fourth-order valence-electron chi connectivity index (χ4n) is 1.92. The van der Waals surface area contributed by atoms with Crippen LogP contribution in [0.25, 0.3) is 0 Å². The molecule has 0 aliphatic heterocycles. The number of nitrogens with one attached hydrogen (secondary N) is 1. The smallest absolute Gasteiger partial charge is 0.338 e. The quantitative estimate of drug-likeness (QED) is 0.354. The van der Waals surface area contributed by atoms with Gasteiger partial charge in [-0.1, -0.05) is 0 Å². The lowest BCUT2D eigenvalue weighted by atomic mass is 10.2. The van der Waals surface area contributed by atoms with Crippen molar-refractivity contribution in [3.8, 4) is 5.75 Å². The molecular weight excluding hydrogens is 330 g/mol. The maximum atomic E-state index is 11.9. The van der Waals surface area contributed by atoms with Gasteiger partial charge in [0, 0.05) is 5.69 Å². The average Bonchev–Trinajstić information content (AvgIpc) is 2.60. The lowest BCUT2D eigenvalue weighted by Crippen LogP contribution is -2.21. The number of ether oxygens (including phenoxy) is 2. The molecule has 2 aromatic rings. The molecule has 0 atom stereocenters. The van der Waals surface area contributed by atoms with Crippen LogP contribution >= 0.6 is 0 Å². The third-order valence-corrected chi connectivity index (χ3v) is 3.16. The highest BCUT2D eigenvalue weighted by Gasteiger charge is 2.18. The van der Waals surface area contributed by atoms with Gasteiger partial charge in [-0.15, -0.1) is 0 Å². The minimum absolute atomic E-state index is 0.0284. The number of nitro groups is 1. The fraction of sp³-hybridized carbons (Fsp3) is 0.125. The molecule has 2 rings (SSSR count). The van der Waals surface area contributed by atoms with Crippen molar-refractivity contribution in [2.75, 3.05) is 24.8 Å². The van der Waals surface area contributed by atoms with Gasteiger partial charge in [-0.2, -0.15) is 0 Å². The van der Waals surface area contributed by atoms with Crippen molar-refractivity contribution in [1.29, 1.82) is 0 Å². The maximum Gasteiger partial charge on any atom is 0.338 e. The monoisotopic (exact) mass is 345 g/mol. The summed E-state index contributed by atoms with van der Waals surface area (Å²) in [5.74, 6) is -1.14. The Morgan fingerprint density at radius 3 is 2.48 bits per heavy atom. The molecule has 0 unspecified atom stereocenters. The van der Waals surface area contributed by atoms with E-state index in [4.69, 9.17) is 15.2 Å². The predicted molar refractivity (Wildman–Crippen MR) is 89.4 cm³/mol. The molecule has 130 valence electrons. The second-order valence-electron chi connectivity index (χ2n) is 4.89. The molecule has 0 aromatic heterocycles. The molecule has 25 heavy (non-hydrogen) atoms. The molecule has 0 aliphatic carbocycles. The SMILES string of the molecule is COc1ccc(NC(=O)COC(=O)c2ccc(N)cc2)c([N+](=O)[O-])c1. The van der Waals surface area contributed by atoms with E-state index >= 15 is 0 Å². The van der Waals surface area contributed by atoms with E-state index in [-0.39, 0.29) is 22.7 Å². The summed E-state index contributed by atoms with van der Waals surface area (Å²) in [4.78, 5) is 34.1. The second kappa shape index (κ2) is 7.77. The highest BCUT2D eigenvalue weighted by Crippen LogP contribution is 2.28. The zero-order valence-corrected chi connectivity index (χ0v) is 13.2. The molecule has 0 bridgehead atoms. The first-order valence-corrected chi connectivity index (χ1v) is 7.05. The van der Waals surface area contributed by atoms with Crippen LogP contribution in [0.2, 0.25) is 0 Å². The standard InChI is InChI=1S/C16H15N3O6/c1-24-12-6-7-13(14(8-12)19(22)23)18-15(20)9-25-16(21)10-2-4-11(17)5-3-10/h2-8H,9,17H2,1H3,(H,18,20). The molecule has 0 fully saturated rings. The van der Waals surface area contributed by atoms with Crippen LogP contribution < -0.4 is 15.8 Å². The number of nitrogen functional groups attached to an aromatic ring is 1. The number of hydrogen-bond donors (Lipinski definition) is 2. The summed E-state index contributed by atoms with van der Waals surface area (Å²) in [6.45, 7) is -0.591. The van der Waals surface area contributed by atoms with Crippen molar-refractivity contribution in [2.45, 2.75) is 0 Å². The van der Waals surface area contributed by atoms with Crippen molar-refractivity contribution in [3.63, 3.8) is 0 Å². The second-order valence-corrected chi connectivity index (χ2v) is 4.89. The van der Waals surface area contributed by atoms with E-state index in [0.717, 1.165) is 0 Å². The summed E-state index contributed by atoms with van der Waals surface area (Å²) in [5, 5.41) is 13.4. The molecule has 2 aromatic carbocycles. The van der Waals surface area contributed by atoms with E-state index in [1.165, 1.54) is 49.6 Å². The van der Waals surface area contributed by atoms with Gasteiger partial charge in [-0.05, 0) is 36.4 Å². The van der Waals surface area contributed by atoms with Crippen LogP contribution in [0.3, 0.4) is 0 Å². The van der Waals surface area contributed by atoms with Gasteiger partial charge in [0.05, 0.1) is 23.7 Å². The normalized spacial score (nSPS) is 9.96. The van der Waals surface area contributed by atoms with Crippen LogP contribution in [-0.4, -0.2) is 30.5 Å². The minimum atomic E-state index is -0.711. The Bertz CT molecular complexity index is 804. The molecular formula is C16H15N3O6. The first-order valence-electron chi connectivity index (χ1n) is 7.05. The molecule has 0 aliphatic rings. The molecule has 9 nitrogen and oxygen atoms in total. The van der Waals surface area contributed by atoms with E-state index < -0.39 is 23.4 Å². The van der Waals surface area contributed by atoms with E-state index in [1.807, 2.05) is 0 Å². The summed E-state index contributed by atoms with van der Waals surface area (Å²) >= 11 is 0. The van der Waals surface area contributed by atoms with Gasteiger partial charge in [0.2, 0.25) is 0 Å². The Kier molecular flexibility index (Phi) is 5.51. The van der Waals surface area contributed by atoms with Gasteiger partial charge in [-0.3, -0.25) is 14.9 Å². The fourth-order valence-corrected chi connectivity index (χ4v) is 1.92. The molecule has 0 radical (unpaired) electrons. The van der Waals surface area contributed by atoms with Crippen molar-refractivity contribution < 1.29 is 24.0 Å². The van der Waals surface area contributed by atoms with Gasteiger partial charge >= 0.3 is 5.97 Å². The number of carbonyl (C=O) groups excluding carboxylic acids is 2. The van der Waals surface area contributed by atoms with Crippen LogP contribution in [0.5, 0.6) is 5.75 Å². The number of esters is 1. The number of nitrogens with two attached hydrogens (primary N) is 1. The summed E-state index contributed by atoms with van der Waals surface area (Å²) in [7, 11) is 1.37. The van der Waals surface area contributed by atoms with E-state index in [9.17, 15) is 19.7 Å². The van der Waals surface area contributed by atoms with Crippen LogP contribution in [-0.2, 0) is 9.53 Å². The van der Waals surface area contributed by atoms with Crippen LogP contribution in [0.1, 0.15) is 10.4 Å². The number of anilines is 2. The third kappa shape index (κ3) is 4.67. The summed E-state index contributed by atoms with van der Waals surface area (Å²) in [6.07, 6.45) is 0. The zero-order chi connectivity index (χ0) is 18.4. The number of benzene rings is 2. The lowest BCUT2D eigenvalue weighted by Gasteiger charge is -2.08. The van der Waals surface area contributed by atoms with E-state index in [2.05, 4.69) is 5.32 Å².